The van der Waals surface area contributed by atoms with E-state index in [2.05, 4.69) is 10.3 Å². The number of nitro groups is 1. The van der Waals surface area contributed by atoms with Gasteiger partial charge < -0.3 is 10.4 Å². The predicted octanol–water partition coefficient (Wildman–Crippen LogP) is 4.04. The standard InChI is InChI=1S/C17H18F3N3O3/c18-17(19,20)11-3-1-7-16(24,9-11)10-22-14-6-5-13-12(4-2-8-21-13)15(14)23(25)26/h2,4-6,8,11,22,24H,1,3,7,9-10H2. The summed E-state index contributed by atoms with van der Waals surface area (Å²) < 4.78 is 38.9. The molecular formula is C17H18F3N3O3. The van der Waals surface area contributed by atoms with E-state index in [1.165, 1.54) is 12.3 Å². The number of pyridine rings is 1. The Kier molecular flexibility index (Phi) is 4.74. The van der Waals surface area contributed by atoms with Gasteiger partial charge in [-0.05, 0) is 49.9 Å². The summed E-state index contributed by atoms with van der Waals surface area (Å²) in [5, 5.41) is 25.1. The number of halogens is 3. The molecule has 1 aliphatic carbocycles. The lowest BCUT2D eigenvalue weighted by atomic mass is 9.77. The van der Waals surface area contributed by atoms with E-state index in [4.69, 9.17) is 0 Å². The van der Waals surface area contributed by atoms with Crippen LogP contribution in [0, 0.1) is 16.0 Å². The van der Waals surface area contributed by atoms with Gasteiger partial charge in [0, 0.05) is 12.7 Å². The minimum absolute atomic E-state index is 0.00635. The molecule has 2 N–H and O–H groups in total. The zero-order valence-electron chi connectivity index (χ0n) is 13.8. The Labute approximate surface area is 147 Å². The maximum atomic E-state index is 13.0. The molecule has 0 aliphatic heterocycles. The Morgan fingerprint density at radius 2 is 2.15 bits per heavy atom. The van der Waals surface area contributed by atoms with Crippen LogP contribution in [-0.2, 0) is 0 Å². The van der Waals surface area contributed by atoms with Gasteiger partial charge in [0.05, 0.1) is 27.3 Å². The number of hydrogen-bond acceptors (Lipinski definition) is 5. The molecule has 2 aromatic rings. The van der Waals surface area contributed by atoms with E-state index in [-0.39, 0.29) is 37.2 Å². The molecule has 1 saturated carbocycles. The van der Waals surface area contributed by atoms with Crippen molar-refractivity contribution in [2.75, 3.05) is 11.9 Å². The summed E-state index contributed by atoms with van der Waals surface area (Å²) in [6, 6.07) is 6.18. The number of hydrogen-bond donors (Lipinski definition) is 2. The molecule has 0 spiro atoms. The molecule has 1 heterocycles. The second-order valence-corrected chi connectivity index (χ2v) is 6.70. The second-order valence-electron chi connectivity index (χ2n) is 6.70. The number of nitro benzene ring substituents is 1. The minimum atomic E-state index is -4.35. The number of fused-ring (bicyclic) bond motifs is 1. The largest absolute Gasteiger partial charge is 0.391 e. The number of rotatable bonds is 4. The summed E-state index contributed by atoms with van der Waals surface area (Å²) in [5.41, 5.74) is -1.17. The van der Waals surface area contributed by atoms with Gasteiger partial charge >= 0.3 is 11.9 Å². The van der Waals surface area contributed by atoms with Gasteiger partial charge in [-0.15, -0.1) is 0 Å². The van der Waals surface area contributed by atoms with Crippen LogP contribution in [-0.4, -0.2) is 33.3 Å². The van der Waals surface area contributed by atoms with E-state index >= 15 is 0 Å². The summed E-state index contributed by atoms with van der Waals surface area (Å²) in [5.74, 6) is -1.56. The molecule has 1 aromatic carbocycles. The number of aromatic nitrogens is 1. The second kappa shape index (κ2) is 6.71. The van der Waals surface area contributed by atoms with Crippen LogP contribution in [0.1, 0.15) is 25.7 Å². The fraction of sp³-hybridized carbons (Fsp3) is 0.471. The van der Waals surface area contributed by atoms with Gasteiger partial charge in [0.2, 0.25) is 0 Å². The van der Waals surface area contributed by atoms with Crippen LogP contribution in [0.2, 0.25) is 0 Å². The Balaban J connectivity index is 1.83. The van der Waals surface area contributed by atoms with E-state index in [0.29, 0.717) is 10.9 Å². The summed E-state index contributed by atoms with van der Waals surface area (Å²) in [6.07, 6.45) is -2.78. The minimum Gasteiger partial charge on any atom is -0.388 e. The van der Waals surface area contributed by atoms with Gasteiger partial charge in [-0.1, -0.05) is 0 Å². The van der Waals surface area contributed by atoms with Gasteiger partial charge in [0.1, 0.15) is 5.69 Å². The van der Waals surface area contributed by atoms with Crippen LogP contribution in [0.3, 0.4) is 0 Å². The molecule has 1 fully saturated rings. The maximum Gasteiger partial charge on any atom is 0.391 e. The van der Waals surface area contributed by atoms with E-state index in [0.717, 1.165) is 0 Å². The first-order valence-electron chi connectivity index (χ1n) is 8.25. The van der Waals surface area contributed by atoms with E-state index in [9.17, 15) is 28.4 Å². The van der Waals surface area contributed by atoms with Crippen molar-refractivity contribution in [1.29, 1.82) is 0 Å². The van der Waals surface area contributed by atoms with Crippen molar-refractivity contribution in [2.45, 2.75) is 37.5 Å². The Morgan fingerprint density at radius 1 is 1.38 bits per heavy atom. The third-order valence-electron chi connectivity index (χ3n) is 4.83. The molecule has 2 atom stereocenters. The molecule has 2 unspecified atom stereocenters. The lowest BCUT2D eigenvalue weighted by Gasteiger charge is -2.37. The van der Waals surface area contributed by atoms with E-state index < -0.39 is 29.0 Å². The maximum absolute atomic E-state index is 13.0. The summed E-state index contributed by atoms with van der Waals surface area (Å²) >= 11 is 0. The molecule has 0 amide bonds. The first-order valence-corrected chi connectivity index (χ1v) is 8.25. The number of alkyl halides is 3. The zero-order chi connectivity index (χ0) is 18.9. The molecule has 6 nitrogen and oxygen atoms in total. The molecule has 1 aromatic heterocycles. The summed E-state index contributed by atoms with van der Waals surface area (Å²) in [7, 11) is 0. The van der Waals surface area contributed by atoms with Crippen LogP contribution < -0.4 is 5.32 Å². The highest BCUT2D eigenvalue weighted by Gasteiger charge is 2.47. The van der Waals surface area contributed by atoms with Crippen LogP contribution in [0.4, 0.5) is 24.5 Å². The number of anilines is 1. The molecule has 3 rings (SSSR count). The summed E-state index contributed by atoms with van der Waals surface area (Å²) in [6.45, 7) is -0.188. The van der Waals surface area contributed by atoms with Crippen molar-refractivity contribution in [2.24, 2.45) is 5.92 Å². The zero-order valence-corrected chi connectivity index (χ0v) is 13.8. The van der Waals surface area contributed by atoms with Crippen molar-refractivity contribution >= 4 is 22.3 Å². The number of benzene rings is 1. The number of nitrogens with zero attached hydrogens (tertiary/aromatic N) is 2. The van der Waals surface area contributed by atoms with Gasteiger partial charge in [-0.25, -0.2) is 0 Å². The van der Waals surface area contributed by atoms with Crippen molar-refractivity contribution in [3.05, 3.63) is 40.6 Å². The molecule has 0 saturated heterocycles. The van der Waals surface area contributed by atoms with Crippen LogP contribution in [0.15, 0.2) is 30.5 Å². The highest BCUT2D eigenvalue weighted by molar-refractivity contribution is 5.94. The lowest BCUT2D eigenvalue weighted by molar-refractivity contribution is -0.382. The lowest BCUT2D eigenvalue weighted by Crippen LogP contribution is -2.45. The van der Waals surface area contributed by atoms with Gasteiger partial charge in [0.25, 0.3) is 0 Å². The SMILES string of the molecule is O=[N+]([O-])c1c(NCC2(O)CCCC(C(F)(F)F)C2)ccc2ncccc12. The van der Waals surface area contributed by atoms with Gasteiger partial charge in [-0.3, -0.25) is 15.1 Å². The average molecular weight is 369 g/mol. The Morgan fingerprint density at radius 3 is 2.85 bits per heavy atom. The third-order valence-corrected chi connectivity index (χ3v) is 4.83. The molecule has 140 valence electrons. The van der Waals surface area contributed by atoms with Crippen molar-refractivity contribution in [3.63, 3.8) is 0 Å². The molecule has 9 heteroatoms. The van der Waals surface area contributed by atoms with E-state index in [1.807, 2.05) is 0 Å². The average Bonchev–Trinajstić information content (AvgIpc) is 2.58. The fourth-order valence-corrected chi connectivity index (χ4v) is 3.52. The molecule has 26 heavy (non-hydrogen) atoms. The smallest absolute Gasteiger partial charge is 0.388 e. The molecule has 1 aliphatic rings. The van der Waals surface area contributed by atoms with Crippen molar-refractivity contribution in [1.82, 2.24) is 4.98 Å². The Hall–Kier alpha value is -2.42. The third kappa shape index (κ3) is 3.72. The van der Waals surface area contributed by atoms with Gasteiger partial charge in [-0.2, -0.15) is 13.2 Å². The first-order chi connectivity index (χ1) is 12.2. The highest BCUT2D eigenvalue weighted by Crippen LogP contribution is 2.42. The van der Waals surface area contributed by atoms with Crippen LogP contribution in [0.5, 0.6) is 0 Å². The van der Waals surface area contributed by atoms with E-state index in [1.54, 1.807) is 18.2 Å². The monoisotopic (exact) mass is 369 g/mol. The summed E-state index contributed by atoms with van der Waals surface area (Å²) in [4.78, 5) is 15.0. The van der Waals surface area contributed by atoms with Crippen LogP contribution >= 0.6 is 0 Å². The molecule has 0 bridgehead atoms. The first kappa shape index (κ1) is 18.4. The highest BCUT2D eigenvalue weighted by atomic mass is 19.4. The Bertz CT molecular complexity index is 828. The normalized spacial score (nSPS) is 23.8. The number of nitrogens with one attached hydrogen (secondary N) is 1. The van der Waals surface area contributed by atoms with Crippen molar-refractivity contribution < 1.29 is 23.2 Å². The van der Waals surface area contributed by atoms with Crippen LogP contribution in [0.25, 0.3) is 10.9 Å². The fourth-order valence-electron chi connectivity index (χ4n) is 3.52. The quantitative estimate of drug-likeness (QED) is 0.627. The molecule has 0 radical (unpaired) electrons. The van der Waals surface area contributed by atoms with Gasteiger partial charge in [0.15, 0.2) is 0 Å². The molecular weight excluding hydrogens is 351 g/mol. The number of aliphatic hydroxyl groups is 1. The van der Waals surface area contributed by atoms with Crippen molar-refractivity contribution in [3.8, 4) is 0 Å². The topological polar surface area (TPSA) is 88.3 Å². The predicted molar refractivity (Wildman–Crippen MR) is 89.8 cm³/mol.